The minimum atomic E-state index is 0.259. The number of ether oxygens (including phenoxy) is 2. The van der Waals surface area contributed by atoms with E-state index >= 15 is 0 Å². The number of nitrogens with zero attached hydrogens (tertiary/aromatic N) is 1. The quantitative estimate of drug-likeness (QED) is 0.793. The topological polar surface area (TPSA) is 43.4 Å². The van der Waals surface area contributed by atoms with Gasteiger partial charge in [-0.25, -0.2) is 0 Å². The summed E-state index contributed by atoms with van der Waals surface area (Å²) in [6.07, 6.45) is 0. The molecule has 1 aromatic rings. The standard InChI is InChI=1S/C13H22N2O2/c1-5-17-9-11(10(2)3)14-12-7-6-8-13(15-12)16-4/h6-8,10-11H,5,9H2,1-4H3,(H,14,15). The molecule has 4 heteroatoms. The number of anilines is 1. The number of hydrogen-bond donors (Lipinski definition) is 1. The summed E-state index contributed by atoms with van der Waals surface area (Å²) in [5.74, 6) is 1.92. The van der Waals surface area contributed by atoms with E-state index in [0.717, 1.165) is 12.4 Å². The van der Waals surface area contributed by atoms with Crippen LogP contribution in [0.2, 0.25) is 0 Å². The van der Waals surface area contributed by atoms with Crippen molar-refractivity contribution in [1.29, 1.82) is 0 Å². The van der Waals surface area contributed by atoms with Crippen molar-refractivity contribution in [3.63, 3.8) is 0 Å². The third kappa shape index (κ3) is 4.61. The molecule has 1 rings (SSSR count). The molecule has 0 saturated carbocycles. The number of rotatable bonds is 7. The van der Waals surface area contributed by atoms with Gasteiger partial charge in [-0.3, -0.25) is 0 Å². The van der Waals surface area contributed by atoms with Crippen molar-refractivity contribution in [2.45, 2.75) is 26.8 Å². The number of aromatic nitrogens is 1. The molecule has 1 atom stereocenters. The van der Waals surface area contributed by atoms with Crippen LogP contribution in [0, 0.1) is 5.92 Å². The lowest BCUT2D eigenvalue weighted by atomic mass is 10.1. The summed E-state index contributed by atoms with van der Waals surface area (Å²) < 4.78 is 10.6. The largest absolute Gasteiger partial charge is 0.481 e. The van der Waals surface area contributed by atoms with Crippen LogP contribution in [-0.4, -0.2) is 31.3 Å². The van der Waals surface area contributed by atoms with E-state index in [1.165, 1.54) is 0 Å². The molecule has 0 saturated heterocycles. The van der Waals surface area contributed by atoms with Crippen LogP contribution < -0.4 is 10.1 Å². The van der Waals surface area contributed by atoms with E-state index in [1.807, 2.05) is 25.1 Å². The van der Waals surface area contributed by atoms with Gasteiger partial charge in [0.05, 0.1) is 19.8 Å². The number of pyridine rings is 1. The minimum Gasteiger partial charge on any atom is -0.481 e. The predicted octanol–water partition coefficient (Wildman–Crippen LogP) is 2.56. The molecule has 0 fully saturated rings. The van der Waals surface area contributed by atoms with E-state index in [4.69, 9.17) is 9.47 Å². The number of hydrogen-bond acceptors (Lipinski definition) is 4. The molecule has 4 nitrogen and oxygen atoms in total. The Morgan fingerprint density at radius 3 is 2.71 bits per heavy atom. The van der Waals surface area contributed by atoms with Gasteiger partial charge in [-0.1, -0.05) is 19.9 Å². The van der Waals surface area contributed by atoms with Gasteiger partial charge in [0, 0.05) is 12.7 Å². The highest BCUT2D eigenvalue weighted by atomic mass is 16.5. The lowest BCUT2D eigenvalue weighted by Crippen LogP contribution is -2.31. The Hall–Kier alpha value is -1.29. The van der Waals surface area contributed by atoms with Gasteiger partial charge in [0.15, 0.2) is 0 Å². The van der Waals surface area contributed by atoms with Crippen LogP contribution in [0.25, 0.3) is 0 Å². The zero-order valence-electron chi connectivity index (χ0n) is 11.1. The van der Waals surface area contributed by atoms with Crippen LogP contribution in [0.5, 0.6) is 5.88 Å². The van der Waals surface area contributed by atoms with Gasteiger partial charge in [-0.15, -0.1) is 0 Å². The summed E-state index contributed by atoms with van der Waals surface area (Å²) in [4.78, 5) is 4.33. The minimum absolute atomic E-state index is 0.259. The van der Waals surface area contributed by atoms with Crippen LogP contribution in [-0.2, 0) is 4.74 Å². The molecule has 0 spiro atoms. The molecule has 0 aliphatic carbocycles. The number of methoxy groups -OCH3 is 1. The lowest BCUT2D eigenvalue weighted by Gasteiger charge is -2.22. The van der Waals surface area contributed by atoms with Crippen molar-refractivity contribution in [2.24, 2.45) is 5.92 Å². The molecule has 0 aromatic carbocycles. The van der Waals surface area contributed by atoms with Crippen molar-refractivity contribution in [2.75, 3.05) is 25.6 Å². The van der Waals surface area contributed by atoms with Crippen LogP contribution in [0.15, 0.2) is 18.2 Å². The molecule has 1 heterocycles. The Kier molecular flexibility index (Phi) is 5.77. The molecule has 0 bridgehead atoms. The molecule has 0 aliphatic rings. The predicted molar refractivity (Wildman–Crippen MR) is 69.5 cm³/mol. The smallest absolute Gasteiger partial charge is 0.214 e. The summed E-state index contributed by atoms with van der Waals surface area (Å²) in [5, 5.41) is 3.37. The molecular weight excluding hydrogens is 216 g/mol. The third-order valence-electron chi connectivity index (χ3n) is 2.57. The molecule has 96 valence electrons. The summed E-state index contributed by atoms with van der Waals surface area (Å²) in [6.45, 7) is 7.75. The van der Waals surface area contributed by atoms with E-state index < -0.39 is 0 Å². The van der Waals surface area contributed by atoms with Gasteiger partial charge in [0.2, 0.25) is 5.88 Å². The van der Waals surface area contributed by atoms with Crippen LogP contribution in [0.4, 0.5) is 5.82 Å². The zero-order chi connectivity index (χ0) is 12.7. The van der Waals surface area contributed by atoms with Crippen LogP contribution >= 0.6 is 0 Å². The zero-order valence-corrected chi connectivity index (χ0v) is 11.1. The lowest BCUT2D eigenvalue weighted by molar-refractivity contribution is 0.126. The third-order valence-corrected chi connectivity index (χ3v) is 2.57. The Labute approximate surface area is 103 Å². The SMILES string of the molecule is CCOCC(Nc1cccc(OC)n1)C(C)C. The highest BCUT2D eigenvalue weighted by molar-refractivity contribution is 5.38. The summed E-state index contributed by atoms with van der Waals surface area (Å²) in [5.41, 5.74) is 0. The average Bonchev–Trinajstić information content (AvgIpc) is 2.34. The highest BCUT2D eigenvalue weighted by Crippen LogP contribution is 2.14. The van der Waals surface area contributed by atoms with Crippen LogP contribution in [0.3, 0.4) is 0 Å². The van der Waals surface area contributed by atoms with E-state index in [1.54, 1.807) is 7.11 Å². The van der Waals surface area contributed by atoms with E-state index in [0.29, 0.717) is 18.4 Å². The van der Waals surface area contributed by atoms with E-state index in [-0.39, 0.29) is 6.04 Å². The van der Waals surface area contributed by atoms with E-state index in [9.17, 15) is 0 Å². The molecule has 17 heavy (non-hydrogen) atoms. The maximum atomic E-state index is 5.46. The average molecular weight is 238 g/mol. The second kappa shape index (κ2) is 7.12. The normalized spacial score (nSPS) is 12.5. The summed E-state index contributed by atoms with van der Waals surface area (Å²) in [7, 11) is 1.62. The number of nitrogens with one attached hydrogen (secondary N) is 1. The first-order chi connectivity index (χ1) is 8.17. The summed E-state index contributed by atoms with van der Waals surface area (Å²) in [6, 6.07) is 5.95. The molecule has 1 aromatic heterocycles. The van der Waals surface area contributed by atoms with Gasteiger partial charge in [-0.05, 0) is 18.9 Å². The second-order valence-electron chi connectivity index (χ2n) is 4.22. The fourth-order valence-corrected chi connectivity index (χ4v) is 1.44. The van der Waals surface area contributed by atoms with Gasteiger partial charge in [0.25, 0.3) is 0 Å². The fraction of sp³-hybridized carbons (Fsp3) is 0.615. The van der Waals surface area contributed by atoms with Gasteiger partial charge in [0.1, 0.15) is 5.82 Å². The Bertz CT molecular complexity index is 329. The van der Waals surface area contributed by atoms with Gasteiger partial charge in [-0.2, -0.15) is 4.98 Å². The Balaban J connectivity index is 2.64. The van der Waals surface area contributed by atoms with Crippen LogP contribution in [0.1, 0.15) is 20.8 Å². The monoisotopic (exact) mass is 238 g/mol. The van der Waals surface area contributed by atoms with Crippen molar-refractivity contribution < 1.29 is 9.47 Å². The molecular formula is C13H22N2O2. The second-order valence-corrected chi connectivity index (χ2v) is 4.22. The maximum absolute atomic E-state index is 5.46. The van der Waals surface area contributed by atoms with Crippen molar-refractivity contribution in [1.82, 2.24) is 4.98 Å². The Morgan fingerprint density at radius 1 is 1.35 bits per heavy atom. The first kappa shape index (κ1) is 13.8. The van der Waals surface area contributed by atoms with Gasteiger partial charge >= 0.3 is 0 Å². The molecule has 1 unspecified atom stereocenters. The first-order valence-corrected chi connectivity index (χ1v) is 6.02. The summed E-state index contributed by atoms with van der Waals surface area (Å²) >= 11 is 0. The fourth-order valence-electron chi connectivity index (χ4n) is 1.44. The highest BCUT2D eigenvalue weighted by Gasteiger charge is 2.13. The van der Waals surface area contributed by atoms with E-state index in [2.05, 4.69) is 24.1 Å². The molecule has 0 aliphatic heterocycles. The van der Waals surface area contributed by atoms with Crippen molar-refractivity contribution in [3.8, 4) is 5.88 Å². The first-order valence-electron chi connectivity index (χ1n) is 6.02. The maximum Gasteiger partial charge on any atom is 0.214 e. The molecule has 1 N–H and O–H groups in total. The van der Waals surface area contributed by atoms with Crippen molar-refractivity contribution >= 4 is 5.82 Å². The van der Waals surface area contributed by atoms with Crippen molar-refractivity contribution in [3.05, 3.63) is 18.2 Å². The molecule has 0 radical (unpaired) electrons. The van der Waals surface area contributed by atoms with Gasteiger partial charge < -0.3 is 14.8 Å². The molecule has 0 amide bonds. The Morgan fingerprint density at radius 2 is 2.12 bits per heavy atom.